The molecule has 1 aromatic carbocycles. The Morgan fingerprint density at radius 3 is 2.63 bits per heavy atom. The van der Waals surface area contributed by atoms with E-state index >= 15 is 0 Å². The summed E-state index contributed by atoms with van der Waals surface area (Å²) in [6, 6.07) is 7.64. The molecule has 0 aliphatic heterocycles. The number of carbonyl (C=O) groups is 1. The lowest BCUT2D eigenvalue weighted by atomic mass is 10.2. The summed E-state index contributed by atoms with van der Waals surface area (Å²) >= 11 is 0. The molecule has 7 heteroatoms. The molecule has 0 atom stereocenters. The first-order chi connectivity index (χ1) is 13.0. The SMILES string of the molecule is CCOCCCNC(=O)c1c(N)n(CC(C)C)c2nc3ccccc3nc12. The molecule has 3 N–H and O–H groups in total. The third-order valence-corrected chi connectivity index (χ3v) is 4.32. The van der Waals surface area contributed by atoms with E-state index in [1.54, 1.807) is 0 Å². The van der Waals surface area contributed by atoms with Gasteiger partial charge in [-0.1, -0.05) is 26.0 Å². The van der Waals surface area contributed by atoms with Crippen molar-refractivity contribution in [2.45, 2.75) is 33.7 Å². The highest BCUT2D eigenvalue weighted by atomic mass is 16.5. The summed E-state index contributed by atoms with van der Waals surface area (Å²) in [6.07, 6.45) is 0.749. The summed E-state index contributed by atoms with van der Waals surface area (Å²) in [4.78, 5) is 22.3. The number of aromatic nitrogens is 3. The van der Waals surface area contributed by atoms with Gasteiger partial charge >= 0.3 is 0 Å². The fraction of sp³-hybridized carbons (Fsp3) is 0.450. The van der Waals surface area contributed by atoms with Gasteiger partial charge in [0.1, 0.15) is 16.9 Å². The molecular weight excluding hydrogens is 342 g/mol. The Labute approximate surface area is 158 Å². The van der Waals surface area contributed by atoms with Crippen LogP contribution in [0.15, 0.2) is 24.3 Å². The van der Waals surface area contributed by atoms with Gasteiger partial charge in [-0.3, -0.25) is 4.79 Å². The summed E-state index contributed by atoms with van der Waals surface area (Å²) in [5.41, 5.74) is 9.52. The molecule has 27 heavy (non-hydrogen) atoms. The summed E-state index contributed by atoms with van der Waals surface area (Å²) in [5.74, 6) is 0.552. The molecule has 144 valence electrons. The lowest BCUT2D eigenvalue weighted by Crippen LogP contribution is -2.26. The number of nitrogens with two attached hydrogens (primary N) is 1. The number of rotatable bonds is 8. The van der Waals surface area contributed by atoms with E-state index in [0.29, 0.717) is 54.8 Å². The zero-order valence-electron chi connectivity index (χ0n) is 16.2. The number of hydrogen-bond donors (Lipinski definition) is 2. The Morgan fingerprint density at radius 2 is 1.96 bits per heavy atom. The van der Waals surface area contributed by atoms with Crippen LogP contribution in [0.2, 0.25) is 0 Å². The second-order valence-corrected chi connectivity index (χ2v) is 6.96. The first kappa shape index (κ1) is 19.1. The highest BCUT2D eigenvalue weighted by Crippen LogP contribution is 2.28. The largest absolute Gasteiger partial charge is 0.384 e. The lowest BCUT2D eigenvalue weighted by Gasteiger charge is -2.10. The Kier molecular flexibility index (Phi) is 5.91. The monoisotopic (exact) mass is 369 g/mol. The molecule has 2 heterocycles. The predicted octanol–water partition coefficient (Wildman–Crippen LogP) is 2.98. The molecule has 1 amide bonds. The maximum atomic E-state index is 12.8. The van der Waals surface area contributed by atoms with E-state index in [2.05, 4.69) is 19.2 Å². The number of nitrogen functional groups attached to an aromatic ring is 1. The molecule has 7 nitrogen and oxygen atoms in total. The zero-order valence-corrected chi connectivity index (χ0v) is 16.2. The Balaban J connectivity index is 2.01. The minimum Gasteiger partial charge on any atom is -0.384 e. The highest BCUT2D eigenvalue weighted by Gasteiger charge is 2.24. The lowest BCUT2D eigenvalue weighted by molar-refractivity contribution is 0.0946. The average molecular weight is 369 g/mol. The number of anilines is 1. The third-order valence-electron chi connectivity index (χ3n) is 4.32. The van der Waals surface area contributed by atoms with Crippen LogP contribution in [-0.4, -0.2) is 40.2 Å². The van der Waals surface area contributed by atoms with Crippen molar-refractivity contribution in [1.82, 2.24) is 19.9 Å². The van der Waals surface area contributed by atoms with E-state index < -0.39 is 0 Å². The van der Waals surface area contributed by atoms with Gasteiger partial charge in [0, 0.05) is 26.3 Å². The quantitative estimate of drug-likeness (QED) is 0.595. The average Bonchev–Trinajstić information content (AvgIpc) is 2.90. The second kappa shape index (κ2) is 8.35. The summed E-state index contributed by atoms with van der Waals surface area (Å²) < 4.78 is 7.21. The van der Waals surface area contributed by atoms with E-state index in [9.17, 15) is 4.79 Å². The number of para-hydroxylation sites is 2. The van der Waals surface area contributed by atoms with E-state index in [1.165, 1.54) is 0 Å². The second-order valence-electron chi connectivity index (χ2n) is 6.96. The van der Waals surface area contributed by atoms with Gasteiger partial charge < -0.3 is 20.4 Å². The topological polar surface area (TPSA) is 95.1 Å². The van der Waals surface area contributed by atoms with Gasteiger partial charge in [0.05, 0.1) is 11.0 Å². The first-order valence-electron chi connectivity index (χ1n) is 9.43. The molecule has 0 saturated heterocycles. The van der Waals surface area contributed by atoms with Gasteiger partial charge in [0.25, 0.3) is 5.91 Å². The van der Waals surface area contributed by atoms with Crippen LogP contribution in [0.5, 0.6) is 0 Å². The van der Waals surface area contributed by atoms with E-state index in [-0.39, 0.29) is 5.91 Å². The maximum Gasteiger partial charge on any atom is 0.257 e. The van der Waals surface area contributed by atoms with Gasteiger partial charge in [0.15, 0.2) is 5.65 Å². The smallest absolute Gasteiger partial charge is 0.257 e. The summed E-state index contributed by atoms with van der Waals surface area (Å²) in [5, 5.41) is 2.93. The maximum absolute atomic E-state index is 12.8. The number of fused-ring (bicyclic) bond motifs is 2. The van der Waals surface area contributed by atoms with Crippen molar-refractivity contribution in [3.63, 3.8) is 0 Å². The van der Waals surface area contributed by atoms with E-state index in [4.69, 9.17) is 20.4 Å². The van der Waals surface area contributed by atoms with Gasteiger partial charge in [-0.15, -0.1) is 0 Å². The van der Waals surface area contributed by atoms with Crippen LogP contribution >= 0.6 is 0 Å². The van der Waals surface area contributed by atoms with Crippen molar-refractivity contribution >= 4 is 33.9 Å². The van der Waals surface area contributed by atoms with Crippen LogP contribution in [0.4, 0.5) is 5.82 Å². The van der Waals surface area contributed by atoms with Crippen molar-refractivity contribution in [1.29, 1.82) is 0 Å². The fourth-order valence-electron chi connectivity index (χ4n) is 3.10. The molecule has 2 aromatic heterocycles. The fourth-order valence-corrected chi connectivity index (χ4v) is 3.10. The molecule has 0 bridgehead atoms. The van der Waals surface area contributed by atoms with E-state index in [0.717, 1.165) is 17.5 Å². The number of nitrogens with zero attached hydrogens (tertiary/aromatic N) is 3. The highest BCUT2D eigenvalue weighted by molar-refractivity contribution is 6.10. The van der Waals surface area contributed by atoms with Crippen molar-refractivity contribution in [3.8, 4) is 0 Å². The molecule has 0 fully saturated rings. The van der Waals surface area contributed by atoms with Crippen LogP contribution in [0, 0.1) is 5.92 Å². The number of benzene rings is 1. The van der Waals surface area contributed by atoms with Crippen LogP contribution < -0.4 is 11.1 Å². The standard InChI is InChI=1S/C20H27N5O2/c1-4-27-11-7-10-22-20(26)16-17-19(25(18(16)21)12-13(2)3)24-15-9-6-5-8-14(15)23-17/h5-6,8-9,13H,4,7,10-12,21H2,1-3H3,(H,22,26). The van der Waals surface area contributed by atoms with Gasteiger partial charge in [-0.2, -0.15) is 0 Å². The molecule has 3 rings (SSSR count). The number of carbonyl (C=O) groups excluding carboxylic acids is 1. The van der Waals surface area contributed by atoms with Crippen molar-refractivity contribution in [2.75, 3.05) is 25.5 Å². The molecular formula is C20H27N5O2. The molecule has 0 radical (unpaired) electrons. The molecule has 3 aromatic rings. The molecule has 0 aliphatic rings. The summed E-state index contributed by atoms with van der Waals surface area (Å²) in [7, 11) is 0. The number of nitrogens with one attached hydrogen (secondary N) is 1. The van der Waals surface area contributed by atoms with Crippen LogP contribution in [0.25, 0.3) is 22.2 Å². The third kappa shape index (κ3) is 4.03. The normalized spacial score (nSPS) is 11.6. The zero-order chi connectivity index (χ0) is 19.4. The molecule has 0 saturated carbocycles. The molecule has 0 spiro atoms. The van der Waals surface area contributed by atoms with Gasteiger partial charge in [0.2, 0.25) is 0 Å². The Hall–Kier alpha value is -2.67. The number of hydrogen-bond acceptors (Lipinski definition) is 5. The van der Waals surface area contributed by atoms with E-state index in [1.807, 2.05) is 35.8 Å². The molecule has 0 aliphatic carbocycles. The number of amides is 1. The van der Waals surface area contributed by atoms with Crippen molar-refractivity contribution in [3.05, 3.63) is 29.8 Å². The van der Waals surface area contributed by atoms with Crippen LogP contribution in [0.3, 0.4) is 0 Å². The van der Waals surface area contributed by atoms with Gasteiger partial charge in [-0.05, 0) is 31.4 Å². The molecule has 0 unspecified atom stereocenters. The minimum atomic E-state index is -0.221. The predicted molar refractivity (Wildman–Crippen MR) is 108 cm³/mol. The Morgan fingerprint density at radius 1 is 1.26 bits per heavy atom. The van der Waals surface area contributed by atoms with Crippen LogP contribution in [-0.2, 0) is 11.3 Å². The van der Waals surface area contributed by atoms with Gasteiger partial charge in [-0.25, -0.2) is 9.97 Å². The Bertz CT molecular complexity index is 948. The van der Waals surface area contributed by atoms with Crippen molar-refractivity contribution < 1.29 is 9.53 Å². The van der Waals surface area contributed by atoms with Crippen LogP contribution in [0.1, 0.15) is 37.6 Å². The number of ether oxygens (including phenoxy) is 1. The first-order valence-corrected chi connectivity index (χ1v) is 9.43. The van der Waals surface area contributed by atoms with Crippen molar-refractivity contribution in [2.24, 2.45) is 5.92 Å². The minimum absolute atomic E-state index is 0.221. The summed E-state index contributed by atoms with van der Waals surface area (Å²) in [6.45, 7) is 8.65.